The zero-order valence-corrected chi connectivity index (χ0v) is 37.0. The number of piperidine rings is 4. The molecular formula is C44H55F3N10O6S. The zero-order chi connectivity index (χ0) is 45.2. The van der Waals surface area contributed by atoms with Gasteiger partial charge >= 0.3 is 6.18 Å². The number of ether oxygens (including phenoxy) is 1. The molecule has 8 rings (SSSR count). The highest BCUT2D eigenvalue weighted by molar-refractivity contribution is 7.86. The third-order valence-electron chi connectivity index (χ3n) is 12.8. The minimum atomic E-state index is -4.65. The molecule has 1 unspecified atom stereocenters. The van der Waals surface area contributed by atoms with Crippen LogP contribution in [-0.4, -0.2) is 135 Å². The van der Waals surface area contributed by atoms with Crippen LogP contribution in [0, 0.1) is 23.7 Å². The van der Waals surface area contributed by atoms with Gasteiger partial charge in [-0.1, -0.05) is 31.8 Å². The number of likely N-dealkylation sites (tertiary alicyclic amines) is 1. The fourth-order valence-corrected chi connectivity index (χ4v) is 11.0. The maximum atomic E-state index is 13.9. The van der Waals surface area contributed by atoms with Crippen LogP contribution >= 0.6 is 0 Å². The van der Waals surface area contributed by atoms with Crippen LogP contribution in [0.2, 0.25) is 0 Å². The van der Waals surface area contributed by atoms with Crippen molar-refractivity contribution in [2.75, 3.05) is 57.7 Å². The minimum absolute atomic E-state index is 0.0555. The van der Waals surface area contributed by atoms with Crippen molar-refractivity contribution in [1.29, 1.82) is 0 Å². The summed E-state index contributed by atoms with van der Waals surface area (Å²) in [5, 5.41) is 9.70. The third kappa shape index (κ3) is 10.4. The lowest BCUT2D eigenvalue weighted by Crippen LogP contribution is -2.52. The Morgan fingerprint density at radius 2 is 1.67 bits per heavy atom. The number of benzene rings is 1. The molecule has 3 aromatic rings. The number of halogens is 3. The summed E-state index contributed by atoms with van der Waals surface area (Å²) in [6.07, 6.45) is 3.83. The number of hydrogen-bond acceptors (Lipinski definition) is 11. The van der Waals surface area contributed by atoms with Gasteiger partial charge in [0.2, 0.25) is 17.8 Å². The lowest BCUT2D eigenvalue weighted by atomic mass is 9.96. The Balaban J connectivity index is 0.749. The van der Waals surface area contributed by atoms with Gasteiger partial charge in [0.15, 0.2) is 0 Å². The van der Waals surface area contributed by atoms with E-state index in [1.54, 1.807) is 27.3 Å². The lowest BCUT2D eigenvalue weighted by Gasteiger charge is -2.39. The van der Waals surface area contributed by atoms with Crippen LogP contribution in [-0.2, 0) is 43.8 Å². The Kier molecular flexibility index (Phi) is 13.7. The van der Waals surface area contributed by atoms with Crippen LogP contribution in [0.3, 0.4) is 0 Å². The number of imide groups is 1. The van der Waals surface area contributed by atoms with E-state index >= 15 is 0 Å². The van der Waals surface area contributed by atoms with Crippen molar-refractivity contribution in [3.8, 4) is 23.1 Å². The largest absolute Gasteiger partial charge is 0.419 e. The fourth-order valence-electron chi connectivity index (χ4n) is 9.36. The fraction of sp³-hybridized carbons (Fsp3) is 0.591. The molecule has 0 spiro atoms. The average molecular weight is 909 g/mol. The quantitative estimate of drug-likeness (QED) is 0.198. The standard InChI is InChI=1S/C44H55F3N10O6S/c1-29(2)25-54-27-32(23-49-54)40-37(44(45,46)47)24-48-43(52-40)50-33-12-20-56(21-13-33)64(61,62)55-18-10-30(11-19-55)26-53-16-14-34(15-17-53)63-22-4-6-31-5-3-7-35-36(31)28-57(42(35)60)38-8-9-39(58)51-41(38)59/h3,5,7,23-24,27,29-30,33-34,38H,8-22,25-26,28H2,1-2H3,(H,48,50,52)(H,51,58,59). The molecule has 4 fully saturated rings. The molecule has 2 N–H and O–H groups in total. The van der Waals surface area contributed by atoms with Gasteiger partial charge in [0.05, 0.1) is 18.0 Å². The van der Waals surface area contributed by atoms with Crippen molar-refractivity contribution in [2.24, 2.45) is 11.8 Å². The number of carbonyl (C=O) groups excluding carboxylic acids is 3. The molecule has 0 radical (unpaired) electrons. The Labute approximate surface area is 371 Å². The first-order chi connectivity index (χ1) is 30.6. The molecule has 16 nitrogen and oxygen atoms in total. The molecule has 5 aliphatic rings. The molecule has 344 valence electrons. The van der Waals surface area contributed by atoms with Crippen molar-refractivity contribution < 1.29 is 40.7 Å². The lowest BCUT2D eigenvalue weighted by molar-refractivity contribution is -0.138. The van der Waals surface area contributed by atoms with E-state index in [2.05, 4.69) is 42.4 Å². The number of carbonyl (C=O) groups is 3. The zero-order valence-electron chi connectivity index (χ0n) is 36.1. The number of amides is 3. The number of hydrogen-bond donors (Lipinski definition) is 2. The topological polar surface area (TPSA) is 175 Å². The molecule has 0 saturated carbocycles. The van der Waals surface area contributed by atoms with Crippen LogP contribution < -0.4 is 10.6 Å². The Morgan fingerprint density at radius 1 is 0.953 bits per heavy atom. The van der Waals surface area contributed by atoms with Crippen molar-refractivity contribution in [1.82, 2.24) is 43.5 Å². The van der Waals surface area contributed by atoms with Gasteiger partial charge in [-0.15, -0.1) is 0 Å². The smallest absolute Gasteiger partial charge is 0.365 e. The van der Waals surface area contributed by atoms with Gasteiger partial charge in [0.1, 0.15) is 18.2 Å². The van der Waals surface area contributed by atoms with Crippen molar-refractivity contribution in [2.45, 2.75) is 103 Å². The van der Waals surface area contributed by atoms with E-state index in [1.807, 2.05) is 19.9 Å². The molecule has 4 saturated heterocycles. The molecule has 1 atom stereocenters. The monoisotopic (exact) mass is 908 g/mol. The number of anilines is 1. The normalized spacial score (nSPS) is 21.6. The molecule has 0 aliphatic carbocycles. The number of nitrogens with one attached hydrogen (secondary N) is 2. The molecule has 0 bridgehead atoms. The molecular weight excluding hydrogens is 854 g/mol. The highest BCUT2D eigenvalue weighted by Crippen LogP contribution is 2.37. The third-order valence-corrected chi connectivity index (χ3v) is 14.8. The highest BCUT2D eigenvalue weighted by Gasteiger charge is 2.41. The first-order valence-electron chi connectivity index (χ1n) is 22.2. The van der Waals surface area contributed by atoms with Crippen molar-refractivity contribution >= 4 is 33.9 Å². The Hall–Kier alpha value is -4.94. The number of rotatable bonds is 12. The summed E-state index contributed by atoms with van der Waals surface area (Å²) in [5.74, 6) is 5.97. The number of aromatic nitrogens is 4. The molecule has 20 heteroatoms. The summed E-state index contributed by atoms with van der Waals surface area (Å²) < 4.78 is 80.0. The van der Waals surface area contributed by atoms with E-state index in [0.717, 1.165) is 62.6 Å². The van der Waals surface area contributed by atoms with Crippen molar-refractivity contribution in [3.63, 3.8) is 0 Å². The van der Waals surface area contributed by atoms with Crippen molar-refractivity contribution in [3.05, 3.63) is 59.0 Å². The molecule has 5 aliphatic heterocycles. The molecule has 3 amide bonds. The predicted molar refractivity (Wildman–Crippen MR) is 229 cm³/mol. The van der Waals surface area contributed by atoms with Crippen LogP contribution in [0.1, 0.15) is 92.3 Å². The van der Waals surface area contributed by atoms with Crippen LogP contribution in [0.25, 0.3) is 11.3 Å². The number of nitrogens with zero attached hydrogens (tertiary/aromatic N) is 8. The maximum Gasteiger partial charge on any atom is 0.419 e. The van der Waals surface area contributed by atoms with E-state index in [1.165, 1.54) is 15.4 Å². The van der Waals surface area contributed by atoms with Crippen LogP contribution in [0.4, 0.5) is 19.1 Å². The first kappa shape index (κ1) is 45.6. The van der Waals surface area contributed by atoms with E-state index in [9.17, 15) is 36.0 Å². The second-order valence-corrected chi connectivity index (χ2v) is 19.7. The molecule has 2 aromatic heterocycles. The summed E-state index contributed by atoms with van der Waals surface area (Å²) in [6.45, 7) is 9.18. The van der Waals surface area contributed by atoms with Gasteiger partial charge in [0, 0.05) is 100 Å². The summed E-state index contributed by atoms with van der Waals surface area (Å²) in [6, 6.07) is 4.50. The van der Waals surface area contributed by atoms with Gasteiger partial charge in [-0.2, -0.15) is 35.3 Å². The van der Waals surface area contributed by atoms with Gasteiger partial charge in [-0.05, 0) is 74.5 Å². The van der Waals surface area contributed by atoms with E-state index in [0.29, 0.717) is 50.4 Å². The van der Waals surface area contributed by atoms with Crippen LogP contribution in [0.5, 0.6) is 0 Å². The van der Waals surface area contributed by atoms with Gasteiger partial charge in [-0.3, -0.25) is 24.4 Å². The predicted octanol–water partition coefficient (Wildman–Crippen LogP) is 4.14. The Morgan fingerprint density at radius 3 is 2.36 bits per heavy atom. The molecule has 7 heterocycles. The van der Waals surface area contributed by atoms with E-state index < -0.39 is 33.9 Å². The second-order valence-electron chi connectivity index (χ2n) is 17.8. The van der Waals surface area contributed by atoms with Gasteiger partial charge < -0.3 is 19.9 Å². The summed E-state index contributed by atoms with van der Waals surface area (Å²) in [4.78, 5) is 49.4. The minimum Gasteiger partial charge on any atom is -0.365 e. The molecule has 1 aromatic carbocycles. The number of alkyl halides is 3. The number of fused-ring (bicyclic) bond motifs is 1. The molecule has 64 heavy (non-hydrogen) atoms. The van der Waals surface area contributed by atoms with E-state index in [-0.39, 0.29) is 79.7 Å². The SMILES string of the molecule is CC(C)Cn1cc(-c2nc(NC3CCN(S(=O)(=O)N4CCC(CN5CCC(OCC#Cc6cccc7c6CN(C6CCC(=O)NC6=O)C7=O)CC5)CC4)CC3)ncc2C(F)(F)F)cn1. The van der Waals surface area contributed by atoms with Crippen LogP contribution in [0.15, 0.2) is 36.8 Å². The van der Waals surface area contributed by atoms with Gasteiger partial charge in [-0.25, -0.2) is 9.97 Å². The van der Waals surface area contributed by atoms with E-state index in [4.69, 9.17) is 4.74 Å². The highest BCUT2D eigenvalue weighted by atomic mass is 32.2. The Bertz CT molecular complexity index is 2380. The van der Waals surface area contributed by atoms with Gasteiger partial charge in [0.25, 0.3) is 16.1 Å². The maximum absolute atomic E-state index is 13.9. The summed E-state index contributed by atoms with van der Waals surface area (Å²) in [5.41, 5.74) is 1.08. The first-order valence-corrected chi connectivity index (χ1v) is 23.6. The summed E-state index contributed by atoms with van der Waals surface area (Å²) >= 11 is 0. The average Bonchev–Trinajstić information content (AvgIpc) is 3.87. The second kappa shape index (κ2) is 19.3. The summed E-state index contributed by atoms with van der Waals surface area (Å²) in [7, 11) is -3.67.